The average Bonchev–Trinajstić information content (AvgIpc) is 2.48. The van der Waals surface area contributed by atoms with E-state index in [-0.39, 0.29) is 17.2 Å². The highest BCUT2D eigenvalue weighted by Crippen LogP contribution is 2.37. The van der Waals surface area contributed by atoms with Gasteiger partial charge in [0.1, 0.15) is 6.10 Å². The number of carbonyl (C=O) groups is 1. The van der Waals surface area contributed by atoms with Gasteiger partial charge in [-0.2, -0.15) is 13.2 Å². The Morgan fingerprint density at radius 1 is 1.19 bits per heavy atom. The van der Waals surface area contributed by atoms with Gasteiger partial charge in [-0.25, -0.2) is 4.79 Å². The molecule has 0 aliphatic heterocycles. The van der Waals surface area contributed by atoms with Crippen LogP contribution >= 0.6 is 0 Å². The SMILES string of the molecule is CC(C)(C)[Si](C)(C)OC[C@H](O)[C@H](NC(=O)O)c1ccc(C(F)(F)F)cc1. The third-order valence-electron chi connectivity index (χ3n) is 4.68. The molecule has 0 aromatic heterocycles. The number of carboxylic acid groups (broad SMARTS) is 1. The molecular formula is C17H26F3NO4Si. The monoisotopic (exact) mass is 393 g/mol. The largest absolute Gasteiger partial charge is 0.465 e. The molecule has 1 aromatic carbocycles. The minimum absolute atomic E-state index is 0.100. The van der Waals surface area contributed by atoms with Gasteiger partial charge in [0.25, 0.3) is 0 Å². The predicted molar refractivity (Wildman–Crippen MR) is 94.5 cm³/mol. The molecular weight excluding hydrogens is 367 g/mol. The Hall–Kier alpha value is -1.58. The van der Waals surface area contributed by atoms with Crippen molar-refractivity contribution in [2.45, 2.75) is 57.2 Å². The first kappa shape index (κ1) is 22.5. The smallest absolute Gasteiger partial charge is 0.416 e. The van der Waals surface area contributed by atoms with Crippen LogP contribution < -0.4 is 5.32 Å². The number of aliphatic hydroxyl groups is 1. The normalized spacial score (nSPS) is 15.4. The maximum absolute atomic E-state index is 12.7. The van der Waals surface area contributed by atoms with Crippen LogP contribution in [-0.4, -0.2) is 37.3 Å². The summed E-state index contributed by atoms with van der Waals surface area (Å²) in [5.74, 6) is 0. The van der Waals surface area contributed by atoms with Crippen LogP contribution in [0.4, 0.5) is 18.0 Å². The summed E-state index contributed by atoms with van der Waals surface area (Å²) in [5, 5.41) is 21.5. The van der Waals surface area contributed by atoms with Gasteiger partial charge < -0.3 is 20.0 Å². The third-order valence-corrected chi connectivity index (χ3v) is 9.18. The molecule has 148 valence electrons. The van der Waals surface area contributed by atoms with Crippen molar-refractivity contribution in [3.05, 3.63) is 35.4 Å². The fourth-order valence-electron chi connectivity index (χ4n) is 2.02. The number of halogens is 3. The number of alkyl halides is 3. The molecule has 0 fully saturated rings. The molecule has 1 amide bonds. The van der Waals surface area contributed by atoms with Crippen LogP contribution in [0.3, 0.4) is 0 Å². The van der Waals surface area contributed by atoms with Gasteiger partial charge in [-0.1, -0.05) is 32.9 Å². The molecule has 1 aromatic rings. The summed E-state index contributed by atoms with van der Waals surface area (Å²) in [7, 11) is -2.17. The lowest BCUT2D eigenvalue weighted by Crippen LogP contribution is -2.45. The van der Waals surface area contributed by atoms with Gasteiger partial charge in [0.15, 0.2) is 8.32 Å². The van der Waals surface area contributed by atoms with Crippen molar-refractivity contribution in [2.75, 3.05) is 6.61 Å². The zero-order valence-corrected chi connectivity index (χ0v) is 16.5. The highest BCUT2D eigenvalue weighted by molar-refractivity contribution is 6.74. The summed E-state index contributed by atoms with van der Waals surface area (Å²) in [6.07, 6.45) is -7.11. The first-order valence-electron chi connectivity index (χ1n) is 8.14. The molecule has 1 rings (SSSR count). The lowest BCUT2D eigenvalue weighted by Gasteiger charge is -2.37. The summed E-state index contributed by atoms with van der Waals surface area (Å²) in [5.41, 5.74) is -0.617. The van der Waals surface area contributed by atoms with E-state index in [9.17, 15) is 23.1 Å². The van der Waals surface area contributed by atoms with E-state index in [0.717, 1.165) is 24.3 Å². The van der Waals surface area contributed by atoms with Crippen LogP contribution in [0, 0.1) is 0 Å². The molecule has 0 unspecified atom stereocenters. The first-order chi connectivity index (χ1) is 11.6. The minimum Gasteiger partial charge on any atom is -0.465 e. The molecule has 0 bridgehead atoms. The van der Waals surface area contributed by atoms with Crippen molar-refractivity contribution >= 4 is 14.4 Å². The Kier molecular flexibility index (Phi) is 6.89. The van der Waals surface area contributed by atoms with Crippen molar-refractivity contribution in [3.8, 4) is 0 Å². The van der Waals surface area contributed by atoms with E-state index < -0.39 is 38.3 Å². The van der Waals surface area contributed by atoms with Crippen LogP contribution in [0.2, 0.25) is 18.1 Å². The minimum atomic E-state index is -4.49. The van der Waals surface area contributed by atoms with Crippen LogP contribution in [-0.2, 0) is 10.6 Å². The quantitative estimate of drug-likeness (QED) is 0.626. The lowest BCUT2D eigenvalue weighted by atomic mass is 10.0. The van der Waals surface area contributed by atoms with Gasteiger partial charge >= 0.3 is 12.3 Å². The zero-order chi connectivity index (χ0) is 20.3. The van der Waals surface area contributed by atoms with Crippen LogP contribution in [0.25, 0.3) is 0 Å². The number of benzene rings is 1. The van der Waals surface area contributed by atoms with E-state index in [1.807, 2.05) is 33.9 Å². The maximum Gasteiger partial charge on any atom is 0.416 e. The van der Waals surface area contributed by atoms with Gasteiger partial charge in [0.05, 0.1) is 18.2 Å². The Morgan fingerprint density at radius 2 is 1.69 bits per heavy atom. The average molecular weight is 393 g/mol. The molecule has 0 saturated heterocycles. The number of hydrogen-bond donors (Lipinski definition) is 3. The van der Waals surface area contributed by atoms with E-state index >= 15 is 0 Å². The highest BCUT2D eigenvalue weighted by Gasteiger charge is 2.38. The van der Waals surface area contributed by atoms with Gasteiger partial charge in [-0.15, -0.1) is 0 Å². The second-order valence-electron chi connectivity index (χ2n) is 7.69. The van der Waals surface area contributed by atoms with Crippen molar-refractivity contribution in [1.29, 1.82) is 0 Å². The Labute approximate surface area is 152 Å². The van der Waals surface area contributed by atoms with E-state index in [1.54, 1.807) is 0 Å². The molecule has 5 nitrogen and oxygen atoms in total. The molecule has 0 saturated carbocycles. The van der Waals surface area contributed by atoms with E-state index in [2.05, 4.69) is 5.32 Å². The van der Waals surface area contributed by atoms with Gasteiger partial charge in [-0.3, -0.25) is 0 Å². The molecule has 0 heterocycles. The number of amides is 1. The fraction of sp³-hybridized carbons (Fsp3) is 0.588. The van der Waals surface area contributed by atoms with E-state index in [1.165, 1.54) is 0 Å². The van der Waals surface area contributed by atoms with Crippen LogP contribution in [0.5, 0.6) is 0 Å². The van der Waals surface area contributed by atoms with Crippen molar-refractivity contribution in [2.24, 2.45) is 0 Å². The van der Waals surface area contributed by atoms with Gasteiger partial charge in [-0.05, 0) is 35.8 Å². The first-order valence-corrected chi connectivity index (χ1v) is 11.0. The van der Waals surface area contributed by atoms with Crippen molar-refractivity contribution in [1.82, 2.24) is 5.32 Å². The number of nitrogens with one attached hydrogen (secondary N) is 1. The Bertz CT molecular complexity index is 612. The summed E-state index contributed by atoms with van der Waals surface area (Å²) in [6.45, 7) is 9.91. The summed E-state index contributed by atoms with van der Waals surface area (Å²) in [4.78, 5) is 11.0. The third kappa shape index (κ3) is 5.99. The summed E-state index contributed by atoms with van der Waals surface area (Å²) < 4.78 is 43.9. The zero-order valence-electron chi connectivity index (χ0n) is 15.5. The summed E-state index contributed by atoms with van der Waals surface area (Å²) >= 11 is 0. The van der Waals surface area contributed by atoms with Crippen molar-refractivity contribution in [3.63, 3.8) is 0 Å². The van der Waals surface area contributed by atoms with E-state index in [4.69, 9.17) is 9.53 Å². The van der Waals surface area contributed by atoms with Crippen LogP contribution in [0.15, 0.2) is 24.3 Å². The summed E-state index contributed by atoms with van der Waals surface area (Å²) in [6, 6.07) is 2.91. The molecule has 0 aliphatic carbocycles. The predicted octanol–water partition coefficient (Wildman–Crippen LogP) is 4.40. The van der Waals surface area contributed by atoms with Gasteiger partial charge in [0.2, 0.25) is 0 Å². The van der Waals surface area contributed by atoms with Crippen molar-refractivity contribution < 1.29 is 32.6 Å². The maximum atomic E-state index is 12.7. The second-order valence-corrected chi connectivity index (χ2v) is 12.5. The fourth-order valence-corrected chi connectivity index (χ4v) is 3.04. The standard InChI is InChI=1S/C17H26F3NO4Si/c1-16(2,3)26(4,5)25-10-13(22)14(21-15(23)24)11-6-8-12(9-7-11)17(18,19)20/h6-9,13-14,21-22H,10H2,1-5H3,(H,23,24)/t13-,14+/m0/s1. The topological polar surface area (TPSA) is 78.8 Å². The Balaban J connectivity index is 2.97. The Morgan fingerprint density at radius 3 is 2.08 bits per heavy atom. The molecule has 0 spiro atoms. The van der Waals surface area contributed by atoms with E-state index in [0.29, 0.717) is 0 Å². The number of hydrogen-bond acceptors (Lipinski definition) is 3. The van der Waals surface area contributed by atoms with Crippen LogP contribution in [0.1, 0.15) is 37.9 Å². The number of aliphatic hydroxyl groups excluding tert-OH is 1. The number of rotatable bonds is 6. The molecule has 3 N–H and O–H groups in total. The molecule has 0 aliphatic rings. The second kappa shape index (κ2) is 7.97. The molecule has 9 heteroatoms. The molecule has 26 heavy (non-hydrogen) atoms. The highest BCUT2D eigenvalue weighted by atomic mass is 28.4. The molecule has 2 atom stereocenters. The lowest BCUT2D eigenvalue weighted by molar-refractivity contribution is -0.137. The van der Waals surface area contributed by atoms with Gasteiger partial charge in [0, 0.05) is 0 Å². The molecule has 0 radical (unpaired) electrons.